The van der Waals surface area contributed by atoms with E-state index < -0.39 is 8.80 Å². The van der Waals surface area contributed by atoms with Gasteiger partial charge >= 0.3 is 8.80 Å². The highest BCUT2D eigenvalue weighted by molar-refractivity contribution is 9.10. The summed E-state index contributed by atoms with van der Waals surface area (Å²) in [6, 6.07) is 0.869. The summed E-state index contributed by atoms with van der Waals surface area (Å²) in [5.41, 5.74) is 0. The third kappa shape index (κ3) is 16.8. The van der Waals surface area contributed by atoms with E-state index >= 15 is 0 Å². The average molecular weight is 524 g/mol. The second kappa shape index (κ2) is 20.0. The van der Waals surface area contributed by atoms with Crippen LogP contribution in [0.1, 0.15) is 130 Å². The van der Waals surface area contributed by atoms with E-state index in [0.717, 1.165) is 6.04 Å². The second-order valence-corrected chi connectivity index (χ2v) is 14.9. The first-order valence-electron chi connectivity index (χ1n) is 13.2. The Bertz CT molecular complexity index is 375. The minimum atomic E-state index is -2.53. The van der Waals surface area contributed by atoms with E-state index in [-0.39, 0.29) is 4.32 Å². The first-order chi connectivity index (χ1) is 14.8. The van der Waals surface area contributed by atoms with Gasteiger partial charge in [-0.25, -0.2) is 0 Å². The standard InChI is InChI=1S/C26H55BrO3Si/c1-7-8-9-10-11-12-13-14-15-16-17-18-19-20-21-22-23-25(26(2,3)27)24-31(28-4,29-5)30-6/h25H,7-24H2,1-6H3. The number of halogens is 1. The molecule has 1 atom stereocenters. The number of alkyl halides is 1. The zero-order valence-electron chi connectivity index (χ0n) is 21.9. The molecule has 0 bridgehead atoms. The van der Waals surface area contributed by atoms with Gasteiger partial charge in [-0.15, -0.1) is 0 Å². The van der Waals surface area contributed by atoms with Gasteiger partial charge in [0.05, 0.1) is 0 Å². The topological polar surface area (TPSA) is 27.7 Å². The summed E-state index contributed by atoms with van der Waals surface area (Å²) < 4.78 is 17.1. The fourth-order valence-corrected chi connectivity index (χ4v) is 7.44. The van der Waals surface area contributed by atoms with E-state index in [2.05, 4.69) is 36.7 Å². The molecule has 188 valence electrons. The van der Waals surface area contributed by atoms with Gasteiger partial charge in [-0.1, -0.05) is 126 Å². The van der Waals surface area contributed by atoms with Crippen LogP contribution in [-0.2, 0) is 13.3 Å². The Kier molecular flexibility index (Phi) is 20.4. The van der Waals surface area contributed by atoms with Crippen molar-refractivity contribution in [3.05, 3.63) is 0 Å². The van der Waals surface area contributed by atoms with Crippen molar-refractivity contribution in [1.82, 2.24) is 0 Å². The van der Waals surface area contributed by atoms with Gasteiger partial charge in [0, 0.05) is 31.7 Å². The summed E-state index contributed by atoms with van der Waals surface area (Å²) in [6.45, 7) is 6.80. The molecule has 0 aliphatic carbocycles. The van der Waals surface area contributed by atoms with Crippen LogP contribution >= 0.6 is 15.9 Å². The molecule has 5 heteroatoms. The summed E-state index contributed by atoms with van der Waals surface area (Å²) in [5.74, 6) is 0.491. The van der Waals surface area contributed by atoms with E-state index in [0.29, 0.717) is 5.92 Å². The van der Waals surface area contributed by atoms with Crippen molar-refractivity contribution in [3.63, 3.8) is 0 Å². The molecule has 0 saturated carbocycles. The number of rotatable bonds is 23. The predicted molar refractivity (Wildman–Crippen MR) is 142 cm³/mol. The summed E-state index contributed by atoms with van der Waals surface area (Å²) in [4.78, 5) is 0. The third-order valence-electron chi connectivity index (χ3n) is 6.81. The van der Waals surface area contributed by atoms with Crippen LogP contribution in [0.5, 0.6) is 0 Å². The third-order valence-corrected chi connectivity index (χ3v) is 10.3. The molecule has 3 nitrogen and oxygen atoms in total. The largest absolute Gasteiger partial charge is 0.500 e. The van der Waals surface area contributed by atoms with Crippen LogP contribution in [0.15, 0.2) is 0 Å². The molecule has 0 aliphatic rings. The first kappa shape index (κ1) is 31.6. The molecule has 0 rings (SSSR count). The fraction of sp³-hybridized carbons (Fsp3) is 1.00. The molecule has 0 N–H and O–H groups in total. The normalized spacial score (nSPS) is 13.6. The smallest absolute Gasteiger partial charge is 0.377 e. The highest BCUT2D eigenvalue weighted by Crippen LogP contribution is 2.37. The van der Waals surface area contributed by atoms with Crippen molar-refractivity contribution in [1.29, 1.82) is 0 Å². The van der Waals surface area contributed by atoms with Gasteiger partial charge in [-0.05, 0) is 26.2 Å². The highest BCUT2D eigenvalue weighted by atomic mass is 79.9. The summed E-state index contributed by atoms with van der Waals surface area (Å²) >= 11 is 3.89. The Morgan fingerprint density at radius 3 is 1.23 bits per heavy atom. The minimum absolute atomic E-state index is 0.0658. The number of hydrogen-bond acceptors (Lipinski definition) is 3. The van der Waals surface area contributed by atoms with E-state index in [4.69, 9.17) is 13.3 Å². The molecule has 0 fully saturated rings. The van der Waals surface area contributed by atoms with E-state index in [1.807, 2.05) is 0 Å². The molecule has 0 amide bonds. The lowest BCUT2D eigenvalue weighted by Crippen LogP contribution is -2.46. The second-order valence-electron chi connectivity index (χ2n) is 9.85. The van der Waals surface area contributed by atoms with Gasteiger partial charge in [0.15, 0.2) is 0 Å². The van der Waals surface area contributed by atoms with Crippen molar-refractivity contribution in [2.45, 2.75) is 140 Å². The molecule has 31 heavy (non-hydrogen) atoms. The van der Waals surface area contributed by atoms with E-state index in [1.54, 1.807) is 21.3 Å². The molecule has 0 aromatic carbocycles. The molecule has 0 radical (unpaired) electrons. The molecule has 0 aromatic rings. The number of hydrogen-bond donors (Lipinski definition) is 0. The van der Waals surface area contributed by atoms with Crippen LogP contribution in [-0.4, -0.2) is 34.5 Å². The van der Waals surface area contributed by atoms with Crippen molar-refractivity contribution in [2.75, 3.05) is 21.3 Å². The van der Waals surface area contributed by atoms with Gasteiger partial charge in [0.25, 0.3) is 0 Å². The van der Waals surface area contributed by atoms with Gasteiger partial charge in [-0.2, -0.15) is 0 Å². The summed E-state index contributed by atoms with van der Waals surface area (Å²) in [5, 5.41) is 0. The first-order valence-corrected chi connectivity index (χ1v) is 15.9. The average Bonchev–Trinajstić information content (AvgIpc) is 2.75. The minimum Gasteiger partial charge on any atom is -0.377 e. The van der Waals surface area contributed by atoms with Crippen LogP contribution in [0.2, 0.25) is 6.04 Å². The van der Waals surface area contributed by atoms with Crippen LogP contribution < -0.4 is 0 Å². The van der Waals surface area contributed by atoms with Crippen molar-refractivity contribution >= 4 is 24.7 Å². The van der Waals surface area contributed by atoms with Gasteiger partial charge in [-0.3, -0.25) is 0 Å². The van der Waals surface area contributed by atoms with Crippen LogP contribution in [0.3, 0.4) is 0 Å². The summed E-state index contributed by atoms with van der Waals surface area (Å²) in [7, 11) is 2.61. The maximum Gasteiger partial charge on any atom is 0.500 e. The molecule has 0 aliphatic heterocycles. The fourth-order valence-electron chi connectivity index (χ4n) is 4.43. The predicted octanol–water partition coefficient (Wildman–Crippen LogP) is 9.31. The SMILES string of the molecule is CCCCCCCCCCCCCCCCCCC(C[Si](OC)(OC)OC)C(C)(C)Br. The maximum atomic E-state index is 5.67. The molecule has 0 heterocycles. The Labute approximate surface area is 205 Å². The maximum absolute atomic E-state index is 5.67. The van der Waals surface area contributed by atoms with Crippen molar-refractivity contribution in [2.24, 2.45) is 5.92 Å². The van der Waals surface area contributed by atoms with Crippen molar-refractivity contribution < 1.29 is 13.3 Å². The van der Waals surface area contributed by atoms with Crippen molar-refractivity contribution in [3.8, 4) is 0 Å². The molecule has 0 aromatic heterocycles. The quantitative estimate of drug-likeness (QED) is 0.0759. The summed E-state index contributed by atoms with van der Waals surface area (Å²) in [6.07, 6.45) is 23.8. The molecule has 0 spiro atoms. The van der Waals surface area contributed by atoms with Crippen LogP contribution in [0, 0.1) is 5.92 Å². The van der Waals surface area contributed by atoms with E-state index in [1.165, 1.54) is 109 Å². The molecule has 1 unspecified atom stereocenters. The Balaban J connectivity index is 3.72. The highest BCUT2D eigenvalue weighted by Gasteiger charge is 2.43. The molecular formula is C26H55BrO3Si. The lowest BCUT2D eigenvalue weighted by Gasteiger charge is -2.34. The van der Waals surface area contributed by atoms with Crippen LogP contribution in [0.25, 0.3) is 0 Å². The molecule has 0 saturated heterocycles. The number of unbranched alkanes of at least 4 members (excludes halogenated alkanes) is 15. The Hall–Kier alpha value is 0.577. The monoisotopic (exact) mass is 522 g/mol. The molecular weight excluding hydrogens is 468 g/mol. The Morgan fingerprint density at radius 1 is 0.613 bits per heavy atom. The zero-order valence-corrected chi connectivity index (χ0v) is 24.5. The van der Waals surface area contributed by atoms with Gasteiger partial charge in [0.2, 0.25) is 0 Å². The van der Waals surface area contributed by atoms with Crippen LogP contribution in [0.4, 0.5) is 0 Å². The lowest BCUT2D eigenvalue weighted by atomic mass is 9.91. The van der Waals surface area contributed by atoms with Gasteiger partial charge < -0.3 is 13.3 Å². The Morgan fingerprint density at radius 2 is 0.935 bits per heavy atom. The van der Waals surface area contributed by atoms with Gasteiger partial charge in [0.1, 0.15) is 0 Å². The lowest BCUT2D eigenvalue weighted by molar-refractivity contribution is 0.115. The zero-order chi connectivity index (χ0) is 23.4. The van der Waals surface area contributed by atoms with E-state index in [9.17, 15) is 0 Å².